The van der Waals surface area contributed by atoms with Crippen LogP contribution >= 0.6 is 12.4 Å². The van der Waals surface area contributed by atoms with Gasteiger partial charge in [-0.3, -0.25) is 4.79 Å². The van der Waals surface area contributed by atoms with E-state index in [-0.39, 0.29) is 36.4 Å². The van der Waals surface area contributed by atoms with Crippen LogP contribution in [0.1, 0.15) is 17.9 Å². The summed E-state index contributed by atoms with van der Waals surface area (Å²) in [5.74, 6) is -0.515. The van der Waals surface area contributed by atoms with Crippen LogP contribution in [0, 0.1) is 0 Å². The molecule has 3 rings (SSSR count). The fourth-order valence-corrected chi connectivity index (χ4v) is 3.23. The van der Waals surface area contributed by atoms with E-state index in [0.717, 1.165) is 23.9 Å². The Hall–Kier alpha value is -1.62. The molecule has 1 saturated heterocycles. The molecule has 0 saturated carbocycles. The van der Waals surface area contributed by atoms with Gasteiger partial charge in [0.05, 0.1) is 19.1 Å². The first-order chi connectivity index (χ1) is 10.7. The van der Waals surface area contributed by atoms with E-state index < -0.39 is 0 Å². The zero-order valence-electron chi connectivity index (χ0n) is 13.3. The second kappa shape index (κ2) is 7.77. The molecule has 4 nitrogen and oxygen atoms in total. The Labute approximate surface area is 142 Å². The first kappa shape index (κ1) is 17.7. The largest absolute Gasteiger partial charge is 0.469 e. The number of nitrogens with one attached hydrogen (secondary N) is 1. The number of hydrogen-bond acceptors (Lipinski definition) is 4. The van der Waals surface area contributed by atoms with Crippen LogP contribution in [0.4, 0.5) is 0 Å². The van der Waals surface area contributed by atoms with E-state index in [9.17, 15) is 4.79 Å². The molecule has 3 atom stereocenters. The van der Waals surface area contributed by atoms with Crippen LogP contribution in [0.25, 0.3) is 10.8 Å². The van der Waals surface area contributed by atoms with Gasteiger partial charge in [0, 0.05) is 19.7 Å². The molecule has 124 valence electrons. The quantitative estimate of drug-likeness (QED) is 0.873. The van der Waals surface area contributed by atoms with Gasteiger partial charge in [-0.25, -0.2) is 0 Å². The molecular formula is C18H22ClNO3. The van der Waals surface area contributed by atoms with Crippen molar-refractivity contribution in [1.29, 1.82) is 0 Å². The van der Waals surface area contributed by atoms with Crippen LogP contribution in [0.15, 0.2) is 42.5 Å². The van der Waals surface area contributed by atoms with Crippen molar-refractivity contribution in [3.05, 3.63) is 48.0 Å². The number of halogens is 1. The molecular weight excluding hydrogens is 314 g/mol. The topological polar surface area (TPSA) is 47.6 Å². The Morgan fingerprint density at radius 3 is 2.57 bits per heavy atom. The summed E-state index contributed by atoms with van der Waals surface area (Å²) < 4.78 is 10.4. The molecule has 1 fully saturated rings. The number of esters is 1. The number of fused-ring (bicyclic) bond motifs is 1. The van der Waals surface area contributed by atoms with Gasteiger partial charge in [-0.2, -0.15) is 0 Å². The van der Waals surface area contributed by atoms with Gasteiger partial charge in [-0.05, 0) is 22.8 Å². The summed E-state index contributed by atoms with van der Waals surface area (Å²) in [5, 5.41) is 5.70. The maximum Gasteiger partial charge on any atom is 0.314 e. The molecule has 5 heteroatoms. The van der Waals surface area contributed by atoms with Crippen molar-refractivity contribution in [2.75, 3.05) is 20.8 Å². The second-order valence-electron chi connectivity index (χ2n) is 5.72. The highest BCUT2D eigenvalue weighted by molar-refractivity contribution is 5.86. The molecule has 23 heavy (non-hydrogen) atoms. The molecule has 0 bridgehead atoms. The molecule has 0 spiro atoms. The predicted molar refractivity (Wildman–Crippen MR) is 93.2 cm³/mol. The van der Waals surface area contributed by atoms with Gasteiger partial charge in [-0.1, -0.05) is 42.5 Å². The number of hydrogen-bond donors (Lipinski definition) is 1. The third kappa shape index (κ3) is 3.66. The van der Waals surface area contributed by atoms with Gasteiger partial charge in [0.15, 0.2) is 0 Å². The van der Waals surface area contributed by atoms with E-state index in [2.05, 4.69) is 29.6 Å². The molecule has 1 aliphatic heterocycles. The van der Waals surface area contributed by atoms with Crippen molar-refractivity contribution in [3.8, 4) is 0 Å². The van der Waals surface area contributed by atoms with Gasteiger partial charge in [0.1, 0.15) is 0 Å². The molecule has 0 aliphatic carbocycles. The monoisotopic (exact) mass is 335 g/mol. The first-order valence-corrected chi connectivity index (χ1v) is 7.55. The lowest BCUT2D eigenvalue weighted by Crippen LogP contribution is -2.34. The summed E-state index contributed by atoms with van der Waals surface area (Å²) in [7, 11) is 3.15. The van der Waals surface area contributed by atoms with Crippen LogP contribution < -0.4 is 5.32 Å². The Morgan fingerprint density at radius 2 is 1.91 bits per heavy atom. The number of rotatable bonds is 4. The van der Waals surface area contributed by atoms with Crippen LogP contribution in [-0.2, 0) is 14.3 Å². The Kier molecular flexibility index (Phi) is 5.99. The third-order valence-electron chi connectivity index (χ3n) is 4.45. The van der Waals surface area contributed by atoms with Crippen molar-refractivity contribution in [1.82, 2.24) is 5.32 Å². The second-order valence-corrected chi connectivity index (χ2v) is 5.72. The van der Waals surface area contributed by atoms with E-state index in [0.29, 0.717) is 0 Å². The molecule has 2 aromatic rings. The summed E-state index contributed by atoms with van der Waals surface area (Å²) >= 11 is 0. The summed E-state index contributed by atoms with van der Waals surface area (Å²) in [6.07, 6.45) is 0.959. The van der Waals surface area contributed by atoms with E-state index in [4.69, 9.17) is 9.47 Å². The van der Waals surface area contributed by atoms with Crippen LogP contribution in [-0.4, -0.2) is 38.9 Å². The minimum Gasteiger partial charge on any atom is -0.469 e. The molecule has 0 radical (unpaired) electrons. The molecule has 1 heterocycles. The minimum absolute atomic E-state index is 0. The van der Waals surface area contributed by atoms with Crippen molar-refractivity contribution in [2.24, 2.45) is 0 Å². The van der Waals surface area contributed by atoms with Gasteiger partial charge in [0.2, 0.25) is 0 Å². The number of ether oxygens (including phenoxy) is 2. The van der Waals surface area contributed by atoms with E-state index in [1.807, 2.05) is 18.2 Å². The average molecular weight is 336 g/mol. The zero-order valence-corrected chi connectivity index (χ0v) is 14.1. The van der Waals surface area contributed by atoms with Crippen molar-refractivity contribution in [3.63, 3.8) is 0 Å². The molecule has 0 amide bonds. The third-order valence-corrected chi connectivity index (χ3v) is 4.45. The number of methoxy groups -OCH3 is 2. The molecule has 1 aliphatic rings. The molecule has 0 aromatic heterocycles. The minimum atomic E-state index is -0.310. The normalized spacial score (nSPS) is 21.7. The van der Waals surface area contributed by atoms with Gasteiger partial charge in [-0.15, -0.1) is 12.4 Å². The summed E-state index contributed by atoms with van der Waals surface area (Å²) in [4.78, 5) is 12.3. The highest BCUT2D eigenvalue weighted by Gasteiger charge is 2.36. The Balaban J connectivity index is 0.00000192. The lowest BCUT2D eigenvalue weighted by molar-refractivity contribution is -0.143. The standard InChI is InChI=1S/C18H21NO3.ClH/c1-21-15-10-16(19-11-15)17(18(20)22-2)14-8-7-12-5-3-4-6-13(12)9-14;/h3-9,15-17,19H,10-11H2,1-2H3;1H/t15-,16+,17?;/m1./s1. The fraction of sp³-hybridized carbons (Fsp3) is 0.389. The average Bonchev–Trinajstić information content (AvgIpc) is 3.03. The summed E-state index contributed by atoms with van der Waals surface area (Å²) in [5.41, 5.74) is 0.986. The van der Waals surface area contributed by atoms with Gasteiger partial charge in [0.25, 0.3) is 0 Å². The predicted octanol–water partition coefficient (Wildman–Crippen LogP) is 2.90. The van der Waals surface area contributed by atoms with Crippen LogP contribution in [0.3, 0.4) is 0 Å². The highest BCUT2D eigenvalue weighted by Crippen LogP contribution is 2.30. The lowest BCUT2D eigenvalue weighted by Gasteiger charge is -2.22. The molecule has 1 unspecified atom stereocenters. The fourth-order valence-electron chi connectivity index (χ4n) is 3.23. The SMILES string of the molecule is COC(=O)C(c1ccc2ccccc2c1)[C@@H]1C[C@@H](OC)CN1.Cl. The smallest absolute Gasteiger partial charge is 0.314 e. The lowest BCUT2D eigenvalue weighted by atomic mass is 9.89. The Bertz CT molecular complexity index is 676. The maximum absolute atomic E-state index is 12.3. The summed E-state index contributed by atoms with van der Waals surface area (Å²) in [6, 6.07) is 14.4. The number of carbonyl (C=O) groups excluding carboxylic acids is 1. The number of carbonyl (C=O) groups is 1. The van der Waals surface area contributed by atoms with Crippen LogP contribution in [0.5, 0.6) is 0 Å². The van der Waals surface area contributed by atoms with Gasteiger partial charge < -0.3 is 14.8 Å². The van der Waals surface area contributed by atoms with E-state index in [1.54, 1.807) is 7.11 Å². The Morgan fingerprint density at radius 1 is 1.17 bits per heavy atom. The van der Waals surface area contributed by atoms with E-state index in [1.165, 1.54) is 12.5 Å². The molecule has 1 N–H and O–H groups in total. The van der Waals surface area contributed by atoms with Crippen molar-refractivity contribution >= 4 is 29.1 Å². The van der Waals surface area contributed by atoms with Crippen molar-refractivity contribution in [2.45, 2.75) is 24.5 Å². The zero-order chi connectivity index (χ0) is 15.5. The van der Waals surface area contributed by atoms with Gasteiger partial charge >= 0.3 is 5.97 Å². The van der Waals surface area contributed by atoms with Crippen molar-refractivity contribution < 1.29 is 14.3 Å². The number of benzene rings is 2. The summed E-state index contributed by atoms with van der Waals surface area (Å²) in [6.45, 7) is 0.766. The maximum atomic E-state index is 12.3. The van der Waals surface area contributed by atoms with E-state index >= 15 is 0 Å². The first-order valence-electron chi connectivity index (χ1n) is 7.55. The highest BCUT2D eigenvalue weighted by atomic mass is 35.5. The molecule has 2 aromatic carbocycles. The van der Waals surface area contributed by atoms with Crippen LogP contribution in [0.2, 0.25) is 0 Å².